The number of anilines is 5. The van der Waals surface area contributed by atoms with E-state index < -0.39 is 12.5 Å². The van der Waals surface area contributed by atoms with Crippen molar-refractivity contribution in [1.82, 2.24) is 14.9 Å². The Hall–Kier alpha value is -3.51. The summed E-state index contributed by atoms with van der Waals surface area (Å²) < 4.78 is 31.4. The Balaban J connectivity index is 1.59. The zero-order chi connectivity index (χ0) is 26.0. The van der Waals surface area contributed by atoms with Crippen LogP contribution < -0.4 is 26.0 Å². The van der Waals surface area contributed by atoms with Crippen LogP contribution in [-0.2, 0) is 0 Å². The van der Waals surface area contributed by atoms with E-state index in [9.17, 15) is 13.6 Å². The van der Waals surface area contributed by atoms with Crippen LogP contribution in [0.3, 0.4) is 0 Å². The lowest BCUT2D eigenvalue weighted by Crippen LogP contribution is -2.55. The topological polar surface area (TPSA) is 109 Å². The van der Waals surface area contributed by atoms with Gasteiger partial charge >= 0.3 is 6.61 Å². The van der Waals surface area contributed by atoms with Gasteiger partial charge in [-0.15, -0.1) is 11.3 Å². The second-order valence-electron chi connectivity index (χ2n) is 8.83. The van der Waals surface area contributed by atoms with Crippen LogP contribution >= 0.6 is 11.3 Å². The minimum atomic E-state index is -2.99. The lowest BCUT2D eigenvalue weighted by atomic mass is 10.1. The Bertz CT molecular complexity index is 1230. The molecule has 0 radical (unpaired) electrons. The Labute approximate surface area is 212 Å². The van der Waals surface area contributed by atoms with Gasteiger partial charge in [0.15, 0.2) is 5.75 Å². The van der Waals surface area contributed by atoms with Crippen molar-refractivity contribution in [3.63, 3.8) is 0 Å². The van der Waals surface area contributed by atoms with Crippen LogP contribution in [0.5, 0.6) is 5.75 Å². The molecule has 0 aliphatic carbocycles. The van der Waals surface area contributed by atoms with Crippen LogP contribution in [0.2, 0.25) is 0 Å². The quantitative estimate of drug-likeness (QED) is 0.399. The van der Waals surface area contributed by atoms with Gasteiger partial charge in [0, 0.05) is 48.7 Å². The average molecular weight is 518 g/mol. The number of nitrogens with two attached hydrogens (primary N) is 1. The Morgan fingerprint density at radius 3 is 2.61 bits per heavy atom. The lowest BCUT2D eigenvalue weighted by molar-refractivity contribution is -0.0493. The Kier molecular flexibility index (Phi) is 7.55. The number of piperazine rings is 1. The van der Waals surface area contributed by atoms with Gasteiger partial charge in [-0.2, -0.15) is 13.8 Å². The third kappa shape index (κ3) is 5.65. The van der Waals surface area contributed by atoms with Crippen molar-refractivity contribution in [2.75, 3.05) is 35.7 Å². The molecule has 4 rings (SSSR count). The predicted octanol–water partition coefficient (Wildman–Crippen LogP) is 4.56. The van der Waals surface area contributed by atoms with Crippen LogP contribution in [-0.4, -0.2) is 59.6 Å². The molecule has 4 N–H and O–H groups in total. The summed E-state index contributed by atoms with van der Waals surface area (Å²) in [4.78, 5) is 24.8. The molecule has 1 saturated heterocycles. The second-order valence-corrected chi connectivity index (χ2v) is 9.75. The molecule has 3 aromatic rings. The fraction of sp³-hybridized carbons (Fsp3) is 0.375. The number of alkyl halides is 2. The molecule has 1 aromatic carbocycles. The maximum absolute atomic E-state index is 13.3. The Morgan fingerprint density at radius 2 is 1.94 bits per heavy atom. The highest BCUT2D eigenvalue weighted by atomic mass is 32.1. The molecule has 0 spiro atoms. The third-order valence-corrected chi connectivity index (χ3v) is 7.12. The molecule has 3 heterocycles. The number of primary amides is 1. The molecule has 0 saturated carbocycles. The molecule has 192 valence electrons. The summed E-state index contributed by atoms with van der Waals surface area (Å²) in [5.41, 5.74) is 7.60. The largest absolute Gasteiger partial charge is 0.433 e. The van der Waals surface area contributed by atoms with E-state index in [2.05, 4.69) is 51.3 Å². The summed E-state index contributed by atoms with van der Waals surface area (Å²) in [6, 6.07) is 7.41. The maximum Gasteiger partial charge on any atom is 0.387 e. The van der Waals surface area contributed by atoms with Gasteiger partial charge in [0.2, 0.25) is 5.95 Å². The molecule has 1 aliphatic heterocycles. The number of halogens is 2. The summed E-state index contributed by atoms with van der Waals surface area (Å²) in [6.45, 7) is 4.63. The van der Waals surface area contributed by atoms with Crippen molar-refractivity contribution in [1.29, 1.82) is 0 Å². The van der Waals surface area contributed by atoms with Crippen molar-refractivity contribution in [3.8, 4) is 5.75 Å². The van der Waals surface area contributed by atoms with Crippen molar-refractivity contribution < 1.29 is 18.3 Å². The number of likely N-dealkylation sites (N-methyl/N-ethyl adjacent to an activating group) is 1. The molecule has 1 fully saturated rings. The number of amides is 1. The van der Waals surface area contributed by atoms with E-state index in [0.29, 0.717) is 34.2 Å². The van der Waals surface area contributed by atoms with E-state index in [4.69, 9.17) is 10.5 Å². The molecule has 2 atom stereocenters. The first-order valence-electron chi connectivity index (χ1n) is 11.4. The van der Waals surface area contributed by atoms with Gasteiger partial charge < -0.3 is 26.0 Å². The summed E-state index contributed by atoms with van der Waals surface area (Å²) in [6.07, 6.45) is 1.59. The second kappa shape index (κ2) is 10.6. The molecule has 0 bridgehead atoms. The summed E-state index contributed by atoms with van der Waals surface area (Å²) in [7, 11) is 2.09. The van der Waals surface area contributed by atoms with E-state index in [-0.39, 0.29) is 11.7 Å². The highest BCUT2D eigenvalue weighted by molar-refractivity contribution is 7.14. The number of hydrogen-bond acceptors (Lipinski definition) is 9. The van der Waals surface area contributed by atoms with Gasteiger partial charge in [-0.3, -0.25) is 9.69 Å². The molecule has 2 aromatic heterocycles. The van der Waals surface area contributed by atoms with E-state index in [1.807, 2.05) is 13.0 Å². The van der Waals surface area contributed by atoms with Gasteiger partial charge in [0.05, 0.1) is 11.3 Å². The predicted molar refractivity (Wildman–Crippen MR) is 138 cm³/mol. The smallest absolute Gasteiger partial charge is 0.387 e. The van der Waals surface area contributed by atoms with Crippen molar-refractivity contribution in [3.05, 3.63) is 47.0 Å². The van der Waals surface area contributed by atoms with Gasteiger partial charge in [-0.1, -0.05) is 0 Å². The highest BCUT2D eigenvalue weighted by Crippen LogP contribution is 2.35. The normalized spacial score (nSPS) is 18.4. The number of benzene rings is 1. The zero-order valence-corrected chi connectivity index (χ0v) is 21.3. The third-order valence-electron chi connectivity index (χ3n) is 6.29. The van der Waals surface area contributed by atoms with E-state index in [1.54, 1.807) is 29.8 Å². The minimum Gasteiger partial charge on any atom is -0.433 e. The summed E-state index contributed by atoms with van der Waals surface area (Å²) >= 11 is 1.31. The number of rotatable bonds is 8. The number of aryl methyl sites for hydroxylation is 1. The number of nitrogens with zero attached hydrogens (tertiary/aromatic N) is 4. The van der Waals surface area contributed by atoms with Crippen LogP contribution in [0.15, 0.2) is 35.8 Å². The van der Waals surface area contributed by atoms with Crippen molar-refractivity contribution in [2.45, 2.75) is 39.5 Å². The Morgan fingerprint density at radius 1 is 1.22 bits per heavy atom. The molecule has 9 nitrogen and oxygen atoms in total. The molecule has 0 unspecified atom stereocenters. The number of carbonyl (C=O) groups is 1. The van der Waals surface area contributed by atoms with Gasteiger partial charge in [0.25, 0.3) is 5.91 Å². The highest BCUT2D eigenvalue weighted by Gasteiger charge is 2.27. The molecular weight excluding hydrogens is 488 g/mol. The SMILES string of the molecule is Cc1cnc(Nc2ccc(N3C[C@@H](C)N(C)[C@@H](C)C3)cc2OC(F)F)nc1Nc1sccc1C(N)=O. The van der Waals surface area contributed by atoms with Gasteiger partial charge in [0.1, 0.15) is 10.8 Å². The first kappa shape index (κ1) is 25.6. The van der Waals surface area contributed by atoms with E-state index in [0.717, 1.165) is 24.3 Å². The van der Waals surface area contributed by atoms with Gasteiger partial charge in [-0.05, 0) is 51.4 Å². The van der Waals surface area contributed by atoms with Gasteiger partial charge in [-0.25, -0.2) is 4.98 Å². The zero-order valence-electron chi connectivity index (χ0n) is 20.5. The average Bonchev–Trinajstić information content (AvgIpc) is 3.28. The van der Waals surface area contributed by atoms with E-state index in [1.165, 1.54) is 11.3 Å². The van der Waals surface area contributed by atoms with Crippen LogP contribution in [0.25, 0.3) is 0 Å². The lowest BCUT2D eigenvalue weighted by Gasteiger charge is -2.43. The first-order valence-corrected chi connectivity index (χ1v) is 12.3. The summed E-state index contributed by atoms with van der Waals surface area (Å²) in [5.74, 6) is 0.0660. The first-order chi connectivity index (χ1) is 17.1. The fourth-order valence-electron chi connectivity index (χ4n) is 4.08. The number of hydrogen-bond donors (Lipinski definition) is 3. The van der Waals surface area contributed by atoms with Crippen molar-refractivity contribution in [2.24, 2.45) is 5.73 Å². The maximum atomic E-state index is 13.3. The summed E-state index contributed by atoms with van der Waals surface area (Å²) in [5, 5.41) is 8.38. The van der Waals surface area contributed by atoms with E-state index >= 15 is 0 Å². The number of ether oxygens (including phenoxy) is 1. The monoisotopic (exact) mass is 517 g/mol. The number of aromatic nitrogens is 2. The number of carbonyl (C=O) groups excluding carboxylic acids is 1. The fourth-order valence-corrected chi connectivity index (χ4v) is 4.87. The standard InChI is InChI=1S/C24H29F2N7O2S/c1-13-10-28-24(31-21(13)30-22-17(20(27)34)7-8-36-22)29-18-6-5-16(9-19(18)35-23(25)26)33-11-14(2)32(4)15(3)12-33/h5-10,14-15,23H,11-12H2,1-4H3,(H2,27,34)(H2,28,29,30,31)/t14-,15+. The molecule has 1 amide bonds. The molecule has 12 heteroatoms. The van der Waals surface area contributed by atoms with Crippen LogP contribution in [0, 0.1) is 6.92 Å². The minimum absolute atomic E-state index is 0.00492. The van der Waals surface area contributed by atoms with Crippen LogP contribution in [0.1, 0.15) is 29.8 Å². The van der Waals surface area contributed by atoms with Crippen LogP contribution in [0.4, 0.5) is 36.9 Å². The molecule has 36 heavy (non-hydrogen) atoms. The number of thiophene rings is 1. The van der Waals surface area contributed by atoms with Crippen molar-refractivity contribution >= 4 is 45.4 Å². The number of nitrogens with one attached hydrogen (secondary N) is 2. The molecular formula is C24H29F2N7O2S. The molecule has 1 aliphatic rings.